The summed E-state index contributed by atoms with van der Waals surface area (Å²) in [5.74, 6) is 0. The molecule has 0 amide bonds. The summed E-state index contributed by atoms with van der Waals surface area (Å²) >= 11 is 3.32. The van der Waals surface area contributed by atoms with Crippen LogP contribution in [0.15, 0.2) is 35.3 Å². The third-order valence-electron chi connectivity index (χ3n) is 2.34. The molecule has 1 aromatic heterocycles. The molecule has 0 atom stereocenters. The van der Waals surface area contributed by atoms with Gasteiger partial charge in [-0.3, -0.25) is 0 Å². The fourth-order valence-electron chi connectivity index (χ4n) is 1.73. The van der Waals surface area contributed by atoms with Crippen molar-refractivity contribution in [3.05, 3.63) is 46.6 Å². The average molecular weight is 262 g/mol. The van der Waals surface area contributed by atoms with E-state index in [1.54, 1.807) is 0 Å². The smallest absolute Gasteiger partial charge is 0.0464 e. The van der Waals surface area contributed by atoms with Gasteiger partial charge in [0.05, 0.1) is 0 Å². The molecule has 2 aromatic rings. The van der Waals surface area contributed by atoms with E-state index in [2.05, 4.69) is 51.3 Å². The highest BCUT2D eigenvalue weighted by atomic mass is 79.9. The molecule has 0 aliphatic rings. The number of H-pyrrole nitrogens is 1. The average Bonchev–Trinajstić information content (AvgIpc) is 2.59. The maximum absolute atomic E-state index is 3.39. The van der Waals surface area contributed by atoms with Gasteiger partial charge in [-0.1, -0.05) is 40.2 Å². The SMILES string of the molecule is C/C=C\c1[nH]c2ccccc2c1/C=C/Br. The van der Waals surface area contributed by atoms with E-state index < -0.39 is 0 Å². The van der Waals surface area contributed by atoms with Gasteiger partial charge in [0.15, 0.2) is 0 Å². The number of benzene rings is 1. The van der Waals surface area contributed by atoms with Crippen LogP contribution in [0.3, 0.4) is 0 Å². The first-order chi connectivity index (χ1) is 7.36. The zero-order chi connectivity index (χ0) is 10.7. The summed E-state index contributed by atoms with van der Waals surface area (Å²) in [4.78, 5) is 5.28. The van der Waals surface area contributed by atoms with Crippen molar-refractivity contribution in [3.8, 4) is 0 Å². The van der Waals surface area contributed by atoms with E-state index in [0.29, 0.717) is 0 Å². The molecule has 76 valence electrons. The van der Waals surface area contributed by atoms with Gasteiger partial charge in [0.25, 0.3) is 0 Å². The molecule has 0 fully saturated rings. The van der Waals surface area contributed by atoms with E-state index in [-0.39, 0.29) is 0 Å². The van der Waals surface area contributed by atoms with Crippen LogP contribution in [0.4, 0.5) is 0 Å². The van der Waals surface area contributed by atoms with Crippen molar-refractivity contribution in [1.82, 2.24) is 4.98 Å². The molecule has 2 heteroatoms. The van der Waals surface area contributed by atoms with E-state index in [9.17, 15) is 0 Å². The number of aromatic amines is 1. The van der Waals surface area contributed by atoms with Crippen LogP contribution in [0.2, 0.25) is 0 Å². The van der Waals surface area contributed by atoms with Gasteiger partial charge in [-0.2, -0.15) is 0 Å². The van der Waals surface area contributed by atoms with Crippen molar-refractivity contribution in [2.45, 2.75) is 6.92 Å². The maximum Gasteiger partial charge on any atom is 0.0464 e. The molecule has 15 heavy (non-hydrogen) atoms. The standard InChI is InChI=1S/C13H12BrN/c1-2-5-12-11(8-9-14)10-6-3-4-7-13(10)15-12/h2-9,15H,1H3/b5-2-,9-8+. The monoisotopic (exact) mass is 261 g/mol. The molecule has 0 bridgehead atoms. The van der Waals surface area contributed by atoms with Crippen molar-refractivity contribution in [2.24, 2.45) is 0 Å². The molecule has 0 radical (unpaired) electrons. The summed E-state index contributed by atoms with van der Waals surface area (Å²) in [5, 5.41) is 1.25. The Morgan fingerprint density at radius 3 is 2.73 bits per heavy atom. The third-order valence-corrected chi connectivity index (χ3v) is 2.60. The van der Waals surface area contributed by atoms with Crippen LogP contribution in [-0.4, -0.2) is 4.98 Å². The first kappa shape index (κ1) is 10.2. The molecule has 0 spiro atoms. The summed E-state index contributed by atoms with van der Waals surface area (Å²) in [5.41, 5.74) is 3.54. The zero-order valence-electron chi connectivity index (χ0n) is 8.50. The Bertz CT molecular complexity index is 520. The van der Waals surface area contributed by atoms with Crippen molar-refractivity contribution < 1.29 is 0 Å². The number of nitrogens with one attached hydrogen (secondary N) is 1. The molecule has 0 unspecified atom stereocenters. The highest BCUT2D eigenvalue weighted by molar-refractivity contribution is 9.11. The molecule has 1 aromatic carbocycles. The molecule has 2 rings (SSSR count). The number of para-hydroxylation sites is 1. The van der Waals surface area contributed by atoms with E-state index in [0.717, 1.165) is 5.69 Å². The van der Waals surface area contributed by atoms with Crippen molar-refractivity contribution in [2.75, 3.05) is 0 Å². The molecule has 1 nitrogen and oxygen atoms in total. The Morgan fingerprint density at radius 1 is 1.20 bits per heavy atom. The van der Waals surface area contributed by atoms with Gasteiger partial charge in [0.1, 0.15) is 0 Å². The minimum Gasteiger partial charge on any atom is -0.355 e. The van der Waals surface area contributed by atoms with Crippen LogP contribution in [0.1, 0.15) is 18.2 Å². The predicted octanol–water partition coefficient (Wildman–Crippen LogP) is 4.57. The number of fused-ring (bicyclic) bond motifs is 1. The van der Waals surface area contributed by atoms with Gasteiger partial charge in [-0.25, -0.2) is 0 Å². The van der Waals surface area contributed by atoms with Gasteiger partial charge in [-0.15, -0.1) is 0 Å². The van der Waals surface area contributed by atoms with Crippen LogP contribution < -0.4 is 0 Å². The zero-order valence-corrected chi connectivity index (χ0v) is 10.1. The number of hydrogen-bond donors (Lipinski definition) is 1. The Balaban J connectivity index is 2.74. The van der Waals surface area contributed by atoms with Crippen LogP contribution in [0.5, 0.6) is 0 Å². The fraction of sp³-hybridized carbons (Fsp3) is 0.0769. The Morgan fingerprint density at radius 2 is 2.00 bits per heavy atom. The number of rotatable bonds is 2. The topological polar surface area (TPSA) is 15.8 Å². The number of aromatic nitrogens is 1. The second-order valence-corrected chi connectivity index (χ2v) is 3.82. The van der Waals surface area contributed by atoms with Crippen molar-refractivity contribution in [3.63, 3.8) is 0 Å². The number of halogens is 1. The largest absolute Gasteiger partial charge is 0.355 e. The number of allylic oxidation sites excluding steroid dienone is 1. The first-order valence-corrected chi connectivity index (χ1v) is 5.78. The van der Waals surface area contributed by atoms with Crippen molar-refractivity contribution in [1.29, 1.82) is 0 Å². The number of hydrogen-bond acceptors (Lipinski definition) is 0. The van der Waals surface area contributed by atoms with E-state index >= 15 is 0 Å². The van der Waals surface area contributed by atoms with Gasteiger partial charge < -0.3 is 4.98 Å². The normalized spacial score (nSPS) is 12.1. The van der Waals surface area contributed by atoms with Crippen LogP contribution >= 0.6 is 15.9 Å². The minimum absolute atomic E-state index is 1.15. The van der Waals surface area contributed by atoms with Gasteiger partial charge in [0, 0.05) is 22.2 Å². The third kappa shape index (κ3) is 1.90. The van der Waals surface area contributed by atoms with Gasteiger partial charge in [-0.05, 0) is 30.1 Å². The Hall–Kier alpha value is -1.28. The van der Waals surface area contributed by atoms with E-state index in [4.69, 9.17) is 0 Å². The molecule has 0 aliphatic heterocycles. The highest BCUT2D eigenvalue weighted by Gasteiger charge is 2.05. The molecule has 1 N–H and O–H groups in total. The molecular formula is C13H12BrN. The molecule has 0 aliphatic carbocycles. The first-order valence-electron chi connectivity index (χ1n) is 4.87. The summed E-state index contributed by atoms with van der Waals surface area (Å²) in [7, 11) is 0. The Kier molecular flexibility index (Phi) is 3.07. The summed E-state index contributed by atoms with van der Waals surface area (Å²) in [6, 6.07) is 8.32. The summed E-state index contributed by atoms with van der Waals surface area (Å²) < 4.78 is 0. The summed E-state index contributed by atoms with van der Waals surface area (Å²) in [6.45, 7) is 2.02. The lowest BCUT2D eigenvalue weighted by atomic mass is 10.1. The molecule has 0 saturated heterocycles. The highest BCUT2D eigenvalue weighted by Crippen LogP contribution is 2.24. The molecular weight excluding hydrogens is 250 g/mol. The van der Waals surface area contributed by atoms with E-state index in [1.807, 2.05) is 24.1 Å². The van der Waals surface area contributed by atoms with Crippen LogP contribution in [0, 0.1) is 0 Å². The predicted molar refractivity (Wildman–Crippen MR) is 71.0 cm³/mol. The lowest BCUT2D eigenvalue weighted by Gasteiger charge is -1.92. The Labute approximate surface area is 97.6 Å². The molecule has 0 saturated carbocycles. The quantitative estimate of drug-likeness (QED) is 0.816. The fourth-order valence-corrected chi connectivity index (χ4v) is 1.99. The van der Waals surface area contributed by atoms with Crippen LogP contribution in [-0.2, 0) is 0 Å². The lowest BCUT2D eigenvalue weighted by molar-refractivity contribution is 1.42. The summed E-state index contributed by atoms with van der Waals surface area (Å²) in [6.07, 6.45) is 6.19. The maximum atomic E-state index is 3.39. The van der Waals surface area contributed by atoms with Gasteiger partial charge in [0.2, 0.25) is 0 Å². The lowest BCUT2D eigenvalue weighted by Crippen LogP contribution is -1.74. The second kappa shape index (κ2) is 4.49. The second-order valence-electron chi connectivity index (χ2n) is 3.29. The van der Waals surface area contributed by atoms with Crippen LogP contribution in [0.25, 0.3) is 23.1 Å². The molecule has 1 heterocycles. The van der Waals surface area contributed by atoms with E-state index in [1.165, 1.54) is 16.5 Å². The van der Waals surface area contributed by atoms with Gasteiger partial charge >= 0.3 is 0 Å². The minimum atomic E-state index is 1.15. The van der Waals surface area contributed by atoms with Crippen molar-refractivity contribution >= 4 is 39.0 Å².